The number of aromatic nitrogens is 2. The van der Waals surface area contributed by atoms with Crippen molar-refractivity contribution in [1.82, 2.24) is 14.9 Å². The highest BCUT2D eigenvalue weighted by molar-refractivity contribution is 4.92. The summed E-state index contributed by atoms with van der Waals surface area (Å²) in [5.74, 6) is 1.06. The lowest BCUT2D eigenvalue weighted by Crippen LogP contribution is -2.17. The van der Waals surface area contributed by atoms with Crippen molar-refractivity contribution in [3.63, 3.8) is 0 Å². The maximum absolute atomic E-state index is 8.45. The lowest BCUT2D eigenvalue weighted by Gasteiger charge is -2.07. The van der Waals surface area contributed by atoms with E-state index in [1.807, 2.05) is 12.4 Å². The van der Waals surface area contributed by atoms with Crippen molar-refractivity contribution in [3.8, 4) is 6.07 Å². The van der Waals surface area contributed by atoms with Crippen LogP contribution in [0.4, 0.5) is 0 Å². The van der Waals surface area contributed by atoms with Crippen LogP contribution in [0, 0.1) is 11.3 Å². The number of rotatable bonds is 7. The Hall–Kier alpha value is -1.34. The molecule has 0 amide bonds. The number of nitrogens with one attached hydrogen (secondary N) is 1. The molecule has 0 spiro atoms. The molecule has 1 aromatic heterocycles. The molecule has 0 aliphatic rings. The first kappa shape index (κ1) is 11.7. The molecule has 1 aromatic rings. The summed E-state index contributed by atoms with van der Waals surface area (Å²) < 4.78 is 2.11. The molecule has 15 heavy (non-hydrogen) atoms. The quantitative estimate of drug-likeness (QED) is 0.691. The van der Waals surface area contributed by atoms with E-state index in [9.17, 15) is 0 Å². The van der Waals surface area contributed by atoms with Gasteiger partial charge in [0.25, 0.3) is 0 Å². The van der Waals surface area contributed by atoms with Crippen LogP contribution in [-0.4, -0.2) is 16.1 Å². The van der Waals surface area contributed by atoms with E-state index < -0.39 is 0 Å². The Kier molecular flexibility index (Phi) is 5.49. The molecule has 0 bridgehead atoms. The number of hydrogen-bond acceptors (Lipinski definition) is 3. The average molecular weight is 206 g/mol. The molecule has 82 valence electrons. The third-order valence-electron chi connectivity index (χ3n) is 2.20. The molecule has 0 aliphatic carbocycles. The minimum absolute atomic E-state index is 0.611. The highest BCUT2D eigenvalue weighted by Gasteiger charge is 2.00. The zero-order valence-electron chi connectivity index (χ0n) is 9.24. The van der Waals surface area contributed by atoms with Crippen molar-refractivity contribution in [2.24, 2.45) is 0 Å². The van der Waals surface area contributed by atoms with E-state index in [2.05, 4.69) is 27.9 Å². The summed E-state index contributed by atoms with van der Waals surface area (Å²) in [5.41, 5.74) is 0. The second kappa shape index (κ2) is 7.02. The Labute approximate surface area is 90.9 Å². The van der Waals surface area contributed by atoms with Gasteiger partial charge in [0.05, 0.1) is 12.6 Å². The van der Waals surface area contributed by atoms with Crippen LogP contribution in [0.5, 0.6) is 0 Å². The normalized spacial score (nSPS) is 10.1. The summed E-state index contributed by atoms with van der Waals surface area (Å²) in [6.45, 7) is 4.86. The van der Waals surface area contributed by atoms with E-state index >= 15 is 0 Å². The minimum atomic E-state index is 0.611. The summed E-state index contributed by atoms with van der Waals surface area (Å²) in [5, 5.41) is 11.8. The van der Waals surface area contributed by atoms with Gasteiger partial charge in [0.1, 0.15) is 5.82 Å². The van der Waals surface area contributed by atoms with E-state index in [1.54, 1.807) is 0 Å². The molecule has 0 aromatic carbocycles. The van der Waals surface area contributed by atoms with Gasteiger partial charge < -0.3 is 9.88 Å². The van der Waals surface area contributed by atoms with E-state index in [0.717, 1.165) is 38.3 Å². The van der Waals surface area contributed by atoms with Crippen LogP contribution in [0.2, 0.25) is 0 Å². The predicted molar refractivity (Wildman–Crippen MR) is 59.1 cm³/mol. The molecule has 0 fully saturated rings. The number of nitrogens with zero attached hydrogens (tertiary/aromatic N) is 3. The predicted octanol–water partition coefficient (Wildman–Crippen LogP) is 1.69. The van der Waals surface area contributed by atoms with Gasteiger partial charge in [-0.3, -0.25) is 0 Å². The highest BCUT2D eigenvalue weighted by atomic mass is 15.1. The fraction of sp³-hybridized carbons (Fsp3) is 0.636. The lowest BCUT2D eigenvalue weighted by molar-refractivity contribution is 0.577. The van der Waals surface area contributed by atoms with Crippen LogP contribution in [0.3, 0.4) is 0 Å². The summed E-state index contributed by atoms with van der Waals surface area (Å²) in [7, 11) is 0. The Balaban J connectivity index is 2.36. The third kappa shape index (κ3) is 4.13. The fourth-order valence-electron chi connectivity index (χ4n) is 1.42. The molecular weight excluding hydrogens is 188 g/mol. The smallest absolute Gasteiger partial charge is 0.122 e. The van der Waals surface area contributed by atoms with Crippen LogP contribution in [0.1, 0.15) is 32.0 Å². The number of unbranched alkanes of at least 4 members (excludes halogenated alkanes) is 1. The molecule has 1 N–H and O–H groups in total. The Morgan fingerprint density at radius 3 is 3.20 bits per heavy atom. The topological polar surface area (TPSA) is 53.6 Å². The maximum Gasteiger partial charge on any atom is 0.122 e. The van der Waals surface area contributed by atoms with Gasteiger partial charge in [-0.15, -0.1) is 0 Å². The molecule has 0 radical (unpaired) electrons. The van der Waals surface area contributed by atoms with Crippen LogP contribution in [-0.2, 0) is 13.1 Å². The molecular formula is C11H18N4. The molecule has 0 saturated heterocycles. The van der Waals surface area contributed by atoms with Gasteiger partial charge in [-0.2, -0.15) is 5.26 Å². The summed E-state index contributed by atoms with van der Waals surface area (Å²) in [6, 6.07) is 2.15. The van der Waals surface area contributed by atoms with Crippen LogP contribution < -0.4 is 5.32 Å². The number of hydrogen-bond donors (Lipinski definition) is 1. The Morgan fingerprint density at radius 2 is 2.47 bits per heavy atom. The monoisotopic (exact) mass is 206 g/mol. The number of aryl methyl sites for hydroxylation is 1. The second-order valence-electron chi connectivity index (χ2n) is 3.48. The van der Waals surface area contributed by atoms with E-state index in [0.29, 0.717) is 6.42 Å². The minimum Gasteiger partial charge on any atom is -0.334 e. The number of nitriles is 1. The SMILES string of the molecule is CCCNCc1nccn1CCCC#N. The Morgan fingerprint density at radius 1 is 1.60 bits per heavy atom. The van der Waals surface area contributed by atoms with Gasteiger partial charge in [0.2, 0.25) is 0 Å². The highest BCUT2D eigenvalue weighted by Crippen LogP contribution is 2.00. The van der Waals surface area contributed by atoms with Crippen molar-refractivity contribution in [2.45, 2.75) is 39.3 Å². The van der Waals surface area contributed by atoms with Gasteiger partial charge in [-0.25, -0.2) is 4.98 Å². The number of imidazole rings is 1. The molecule has 0 atom stereocenters. The molecule has 0 unspecified atom stereocenters. The fourth-order valence-corrected chi connectivity index (χ4v) is 1.42. The molecule has 1 heterocycles. The molecule has 4 heteroatoms. The van der Waals surface area contributed by atoms with Gasteiger partial charge >= 0.3 is 0 Å². The van der Waals surface area contributed by atoms with Gasteiger partial charge in [0.15, 0.2) is 0 Å². The summed E-state index contributed by atoms with van der Waals surface area (Å²) in [6.07, 6.45) is 6.43. The van der Waals surface area contributed by atoms with E-state index in [1.165, 1.54) is 0 Å². The van der Waals surface area contributed by atoms with Crippen molar-refractivity contribution in [1.29, 1.82) is 5.26 Å². The molecule has 4 nitrogen and oxygen atoms in total. The van der Waals surface area contributed by atoms with Gasteiger partial charge in [-0.05, 0) is 19.4 Å². The zero-order chi connectivity index (χ0) is 10.9. The zero-order valence-corrected chi connectivity index (χ0v) is 9.24. The molecule has 0 saturated carbocycles. The van der Waals surface area contributed by atoms with E-state index in [4.69, 9.17) is 5.26 Å². The second-order valence-corrected chi connectivity index (χ2v) is 3.48. The average Bonchev–Trinajstić information content (AvgIpc) is 2.67. The van der Waals surface area contributed by atoms with Crippen molar-refractivity contribution >= 4 is 0 Å². The third-order valence-corrected chi connectivity index (χ3v) is 2.20. The van der Waals surface area contributed by atoms with E-state index in [-0.39, 0.29) is 0 Å². The molecule has 0 aliphatic heterocycles. The first-order valence-electron chi connectivity index (χ1n) is 5.46. The van der Waals surface area contributed by atoms with Crippen LogP contribution in [0.15, 0.2) is 12.4 Å². The maximum atomic E-state index is 8.45. The van der Waals surface area contributed by atoms with Crippen LogP contribution >= 0.6 is 0 Å². The first-order chi connectivity index (χ1) is 7.38. The lowest BCUT2D eigenvalue weighted by atomic mass is 10.3. The molecule has 1 rings (SSSR count). The largest absolute Gasteiger partial charge is 0.334 e. The van der Waals surface area contributed by atoms with Crippen molar-refractivity contribution in [2.75, 3.05) is 6.54 Å². The standard InChI is InChI=1S/C11H18N4/c1-2-6-13-10-11-14-7-9-15(11)8-4-3-5-12/h7,9,13H,2-4,6,8,10H2,1H3. The first-order valence-corrected chi connectivity index (χ1v) is 5.46. The van der Waals surface area contributed by atoms with Crippen molar-refractivity contribution < 1.29 is 0 Å². The summed E-state index contributed by atoms with van der Waals surface area (Å²) >= 11 is 0. The van der Waals surface area contributed by atoms with Gasteiger partial charge in [0, 0.05) is 25.4 Å². The Bertz CT molecular complexity index is 311. The van der Waals surface area contributed by atoms with Gasteiger partial charge in [-0.1, -0.05) is 6.92 Å². The summed E-state index contributed by atoms with van der Waals surface area (Å²) in [4.78, 5) is 4.28. The van der Waals surface area contributed by atoms with Crippen LogP contribution in [0.25, 0.3) is 0 Å². The van der Waals surface area contributed by atoms with Crippen molar-refractivity contribution in [3.05, 3.63) is 18.2 Å².